The van der Waals surface area contributed by atoms with Crippen molar-refractivity contribution in [2.45, 2.75) is 24.5 Å². The second-order valence-electron chi connectivity index (χ2n) is 3.79. The minimum absolute atomic E-state index is 0.00203. The summed E-state index contributed by atoms with van der Waals surface area (Å²) >= 11 is 0.740. The Morgan fingerprint density at radius 2 is 2.21 bits per heavy atom. The topological polar surface area (TPSA) is 98.5 Å². The highest BCUT2D eigenvalue weighted by Gasteiger charge is 2.27. The molecule has 19 heavy (non-hydrogen) atoms. The van der Waals surface area contributed by atoms with Crippen LogP contribution in [0.2, 0.25) is 0 Å². The maximum atomic E-state index is 12.3. The Morgan fingerprint density at radius 3 is 2.63 bits per heavy atom. The number of carboxylic acids is 1. The van der Waals surface area contributed by atoms with Gasteiger partial charge in [0.25, 0.3) is 10.0 Å². The summed E-state index contributed by atoms with van der Waals surface area (Å²) in [6.07, 6.45) is 0.100. The minimum Gasteiger partial charge on any atom is -0.477 e. The zero-order valence-corrected chi connectivity index (χ0v) is 12.2. The van der Waals surface area contributed by atoms with Crippen LogP contribution < -0.4 is 0 Å². The molecule has 0 saturated carbocycles. The lowest BCUT2D eigenvalue weighted by Crippen LogP contribution is -2.31. The van der Waals surface area contributed by atoms with E-state index in [2.05, 4.69) is 0 Å². The first-order valence-electron chi connectivity index (χ1n) is 5.55. The van der Waals surface area contributed by atoms with E-state index in [0.29, 0.717) is 5.56 Å². The van der Waals surface area contributed by atoms with Gasteiger partial charge in [-0.2, -0.15) is 9.57 Å². The van der Waals surface area contributed by atoms with Crippen molar-refractivity contribution in [3.63, 3.8) is 0 Å². The van der Waals surface area contributed by atoms with Gasteiger partial charge in [0.15, 0.2) is 0 Å². The summed E-state index contributed by atoms with van der Waals surface area (Å²) < 4.78 is 25.8. The number of rotatable bonds is 6. The molecule has 8 heteroatoms. The van der Waals surface area contributed by atoms with Gasteiger partial charge in [-0.15, -0.1) is 11.3 Å². The minimum atomic E-state index is -3.72. The third-order valence-electron chi connectivity index (χ3n) is 2.51. The van der Waals surface area contributed by atoms with Crippen molar-refractivity contribution in [2.24, 2.45) is 0 Å². The van der Waals surface area contributed by atoms with E-state index < -0.39 is 16.0 Å². The average molecular weight is 302 g/mol. The number of nitrogens with zero attached hydrogens (tertiary/aromatic N) is 2. The van der Waals surface area contributed by atoms with Crippen molar-refractivity contribution < 1.29 is 18.3 Å². The maximum Gasteiger partial charge on any atom is 0.346 e. The van der Waals surface area contributed by atoms with Gasteiger partial charge in [0, 0.05) is 19.5 Å². The van der Waals surface area contributed by atoms with E-state index in [0.717, 1.165) is 11.3 Å². The molecule has 0 spiro atoms. The molecule has 0 radical (unpaired) electrons. The predicted octanol–water partition coefficient (Wildman–Crippen LogP) is 1.68. The molecule has 1 rings (SSSR count). The van der Waals surface area contributed by atoms with Crippen molar-refractivity contribution >= 4 is 27.3 Å². The number of nitriles is 1. The molecule has 1 aromatic heterocycles. The van der Waals surface area contributed by atoms with E-state index in [1.54, 1.807) is 13.8 Å². The summed E-state index contributed by atoms with van der Waals surface area (Å²) in [7, 11) is -3.72. The third kappa shape index (κ3) is 3.32. The Morgan fingerprint density at radius 1 is 1.58 bits per heavy atom. The second kappa shape index (κ2) is 6.14. The molecular formula is C11H14N2O4S2. The summed E-state index contributed by atoms with van der Waals surface area (Å²) in [5.74, 6) is -1.14. The van der Waals surface area contributed by atoms with E-state index in [-0.39, 0.29) is 28.6 Å². The quantitative estimate of drug-likeness (QED) is 0.862. The number of carboxylic acid groups (broad SMARTS) is 1. The van der Waals surface area contributed by atoms with Crippen LogP contribution in [-0.2, 0) is 10.0 Å². The van der Waals surface area contributed by atoms with Crippen molar-refractivity contribution in [3.8, 4) is 6.07 Å². The van der Waals surface area contributed by atoms with Gasteiger partial charge in [-0.3, -0.25) is 0 Å². The molecule has 0 saturated heterocycles. The van der Waals surface area contributed by atoms with Crippen LogP contribution in [0, 0.1) is 18.3 Å². The van der Waals surface area contributed by atoms with Crippen LogP contribution in [-0.4, -0.2) is 36.9 Å². The van der Waals surface area contributed by atoms with Crippen LogP contribution in [0.1, 0.15) is 28.6 Å². The number of carbonyl (C=O) groups is 1. The van der Waals surface area contributed by atoms with Gasteiger partial charge in [0.05, 0.1) is 6.07 Å². The third-order valence-corrected chi connectivity index (χ3v) is 6.16. The molecular weight excluding hydrogens is 288 g/mol. The number of aromatic carboxylic acids is 1. The lowest BCUT2D eigenvalue weighted by Gasteiger charge is -2.17. The fourth-order valence-electron chi connectivity index (χ4n) is 1.54. The van der Waals surface area contributed by atoms with Crippen LogP contribution in [0.3, 0.4) is 0 Å². The van der Waals surface area contributed by atoms with Crippen molar-refractivity contribution in [1.82, 2.24) is 4.31 Å². The molecule has 0 aliphatic rings. The summed E-state index contributed by atoms with van der Waals surface area (Å²) in [5.41, 5.74) is 0.424. The Kier molecular flexibility index (Phi) is 5.05. The summed E-state index contributed by atoms with van der Waals surface area (Å²) in [4.78, 5) is 11.0. The monoisotopic (exact) mass is 302 g/mol. The molecule has 0 aliphatic heterocycles. The largest absolute Gasteiger partial charge is 0.477 e. The first-order chi connectivity index (χ1) is 8.84. The molecule has 1 heterocycles. The van der Waals surface area contributed by atoms with Crippen LogP contribution in [0.5, 0.6) is 0 Å². The first kappa shape index (κ1) is 15.6. The van der Waals surface area contributed by atoms with E-state index in [4.69, 9.17) is 10.4 Å². The van der Waals surface area contributed by atoms with Gasteiger partial charge in [-0.05, 0) is 18.6 Å². The molecule has 0 fully saturated rings. The molecule has 0 unspecified atom stereocenters. The van der Waals surface area contributed by atoms with Gasteiger partial charge in [-0.1, -0.05) is 6.92 Å². The van der Waals surface area contributed by atoms with E-state index >= 15 is 0 Å². The highest BCUT2D eigenvalue weighted by atomic mass is 32.2. The Bertz CT molecular complexity index is 613. The van der Waals surface area contributed by atoms with Gasteiger partial charge >= 0.3 is 5.97 Å². The van der Waals surface area contributed by atoms with Crippen LogP contribution in [0.25, 0.3) is 0 Å². The van der Waals surface area contributed by atoms with Crippen molar-refractivity contribution in [3.05, 3.63) is 16.5 Å². The van der Waals surface area contributed by atoms with Crippen LogP contribution in [0.4, 0.5) is 0 Å². The predicted molar refractivity (Wildman–Crippen MR) is 70.7 cm³/mol. The molecule has 0 atom stereocenters. The molecule has 0 aliphatic carbocycles. The normalized spacial score (nSPS) is 11.5. The lowest BCUT2D eigenvalue weighted by atomic mass is 10.3. The zero-order valence-electron chi connectivity index (χ0n) is 10.6. The molecule has 0 amide bonds. The highest BCUT2D eigenvalue weighted by Crippen LogP contribution is 2.28. The Labute approximate surface area is 115 Å². The molecule has 0 bridgehead atoms. The van der Waals surface area contributed by atoms with E-state index in [1.165, 1.54) is 10.4 Å². The van der Waals surface area contributed by atoms with Crippen LogP contribution in [0.15, 0.2) is 10.3 Å². The van der Waals surface area contributed by atoms with Gasteiger partial charge in [0.1, 0.15) is 9.09 Å². The first-order valence-corrected chi connectivity index (χ1v) is 7.81. The van der Waals surface area contributed by atoms with E-state index in [9.17, 15) is 13.2 Å². The highest BCUT2D eigenvalue weighted by molar-refractivity contribution is 7.91. The summed E-state index contributed by atoms with van der Waals surface area (Å²) in [6.45, 7) is 3.58. The Balaban J connectivity index is 3.16. The number of hydrogen-bond acceptors (Lipinski definition) is 5. The number of sulfonamides is 1. The molecule has 6 nitrogen and oxygen atoms in total. The number of thiophene rings is 1. The lowest BCUT2D eigenvalue weighted by molar-refractivity contribution is 0.0701. The molecule has 0 aromatic carbocycles. The van der Waals surface area contributed by atoms with Crippen LogP contribution >= 0.6 is 11.3 Å². The Hall–Kier alpha value is -1.43. The number of aryl methyl sites for hydroxylation is 1. The number of hydrogen-bond donors (Lipinski definition) is 1. The van der Waals surface area contributed by atoms with Gasteiger partial charge in [0.2, 0.25) is 0 Å². The summed E-state index contributed by atoms with van der Waals surface area (Å²) in [6, 6.07) is 3.25. The summed E-state index contributed by atoms with van der Waals surface area (Å²) in [5, 5.41) is 17.5. The van der Waals surface area contributed by atoms with Crippen molar-refractivity contribution in [2.75, 3.05) is 13.1 Å². The van der Waals surface area contributed by atoms with Gasteiger partial charge in [-0.25, -0.2) is 13.2 Å². The average Bonchev–Trinajstić information content (AvgIpc) is 2.73. The second-order valence-corrected chi connectivity index (χ2v) is 7.00. The maximum absolute atomic E-state index is 12.3. The van der Waals surface area contributed by atoms with E-state index in [1.807, 2.05) is 6.07 Å². The molecule has 104 valence electrons. The van der Waals surface area contributed by atoms with Gasteiger partial charge < -0.3 is 5.11 Å². The standard InChI is InChI=1S/C11H14N2O4S2/c1-3-13(6-4-5-12)19(16,17)9-7-8(2)10(18-9)11(14)15/h7H,3-4,6H2,1-2H3,(H,14,15). The fourth-order valence-corrected chi connectivity index (χ4v) is 4.53. The SMILES string of the molecule is CCN(CCC#N)S(=O)(=O)c1cc(C)c(C(=O)O)s1. The smallest absolute Gasteiger partial charge is 0.346 e. The fraction of sp³-hybridized carbons (Fsp3) is 0.455. The molecule has 1 aromatic rings. The zero-order chi connectivity index (χ0) is 14.6. The molecule has 1 N–H and O–H groups in total. The van der Waals surface area contributed by atoms with Crippen molar-refractivity contribution in [1.29, 1.82) is 5.26 Å².